The second kappa shape index (κ2) is 13.2. The van der Waals surface area contributed by atoms with Crippen LogP contribution in [0.4, 0.5) is 11.4 Å². The quantitative estimate of drug-likeness (QED) is 0.252. The van der Waals surface area contributed by atoms with E-state index in [2.05, 4.69) is 13.8 Å². The highest BCUT2D eigenvalue weighted by molar-refractivity contribution is 5.44. The van der Waals surface area contributed by atoms with Crippen molar-refractivity contribution in [2.45, 2.75) is 20.3 Å². The molecule has 6 heteroatoms. The third-order valence-corrected chi connectivity index (χ3v) is 3.91. The number of nitrogen functional groups attached to an aromatic ring is 2. The number of phenols is 2. The van der Waals surface area contributed by atoms with Crippen LogP contribution >= 0.6 is 0 Å². The third-order valence-electron chi connectivity index (χ3n) is 3.91. The highest BCUT2D eigenvalue weighted by Gasteiger charge is 1.97. The van der Waals surface area contributed by atoms with Crippen molar-refractivity contribution in [3.63, 3.8) is 0 Å². The molecule has 0 spiro atoms. The normalized spacial score (nSPS) is 9.52. The smallest absolute Gasteiger partial charge is 0.127 e. The van der Waals surface area contributed by atoms with Gasteiger partial charge in [0, 0.05) is 11.4 Å². The van der Waals surface area contributed by atoms with Gasteiger partial charge in [-0.15, -0.1) is 0 Å². The number of ether oxygens (including phenoxy) is 2. The second-order valence-electron chi connectivity index (χ2n) is 7.04. The Labute approximate surface area is 194 Å². The number of aromatic hydroxyl groups is 2. The first-order valence-electron chi connectivity index (χ1n) is 10.5. The number of anilines is 2. The van der Waals surface area contributed by atoms with Gasteiger partial charge < -0.3 is 31.2 Å². The minimum atomic E-state index is 0.222. The predicted octanol–water partition coefficient (Wildman–Crippen LogP) is 6.95. The summed E-state index contributed by atoms with van der Waals surface area (Å²) >= 11 is 0. The van der Waals surface area contributed by atoms with E-state index in [9.17, 15) is 0 Å². The molecule has 0 aromatic heterocycles. The molecule has 0 aliphatic heterocycles. The van der Waals surface area contributed by atoms with E-state index in [1.165, 1.54) is 6.42 Å². The fourth-order valence-electron chi connectivity index (χ4n) is 2.37. The molecule has 172 valence electrons. The molecule has 0 saturated heterocycles. The van der Waals surface area contributed by atoms with Crippen molar-refractivity contribution in [1.82, 2.24) is 0 Å². The van der Waals surface area contributed by atoms with Crippen LogP contribution in [0, 0.1) is 0 Å². The Hall–Kier alpha value is -4.32. The monoisotopic (exact) mass is 446 g/mol. The van der Waals surface area contributed by atoms with E-state index in [-0.39, 0.29) is 11.5 Å². The minimum Gasteiger partial charge on any atom is -0.508 e. The summed E-state index contributed by atoms with van der Waals surface area (Å²) in [5.74, 6) is 3.24. The summed E-state index contributed by atoms with van der Waals surface area (Å²) in [7, 11) is 0. The molecule has 4 aromatic carbocycles. The van der Waals surface area contributed by atoms with E-state index in [4.69, 9.17) is 31.2 Å². The van der Waals surface area contributed by atoms with Gasteiger partial charge in [-0.2, -0.15) is 0 Å². The minimum absolute atomic E-state index is 0.222. The van der Waals surface area contributed by atoms with Crippen LogP contribution in [0.3, 0.4) is 0 Å². The maximum Gasteiger partial charge on any atom is 0.127 e. The van der Waals surface area contributed by atoms with Crippen LogP contribution in [0.25, 0.3) is 0 Å². The first-order valence-corrected chi connectivity index (χ1v) is 10.5. The first-order chi connectivity index (χ1) is 15.9. The van der Waals surface area contributed by atoms with Gasteiger partial charge in [-0.3, -0.25) is 0 Å². The summed E-state index contributed by atoms with van der Waals surface area (Å²) in [6, 6.07) is 27.4. The van der Waals surface area contributed by atoms with Gasteiger partial charge in [-0.25, -0.2) is 0 Å². The standard InChI is InChI=1S/2C12H11NO2.C3H8/c2*13-9-1-5-11(6-2-9)15-12-7-3-10(14)4-8-12;1-3-2/h2*1-8,14H,13H2;3H2,1-2H3. The van der Waals surface area contributed by atoms with E-state index < -0.39 is 0 Å². The largest absolute Gasteiger partial charge is 0.508 e. The van der Waals surface area contributed by atoms with Crippen LogP contribution < -0.4 is 20.9 Å². The molecule has 0 aliphatic rings. The Balaban J connectivity index is 0.000000209. The molecule has 0 fully saturated rings. The average molecular weight is 447 g/mol. The first kappa shape index (κ1) is 24.9. The van der Waals surface area contributed by atoms with Gasteiger partial charge in [-0.1, -0.05) is 20.3 Å². The summed E-state index contributed by atoms with van der Waals surface area (Å²) in [5, 5.41) is 18.2. The van der Waals surface area contributed by atoms with Gasteiger partial charge in [0.25, 0.3) is 0 Å². The Bertz CT molecular complexity index is 887. The lowest BCUT2D eigenvalue weighted by molar-refractivity contribution is 0.464. The molecule has 0 unspecified atom stereocenters. The Morgan fingerprint density at radius 2 is 0.697 bits per heavy atom. The molecule has 0 amide bonds. The van der Waals surface area contributed by atoms with Crippen molar-refractivity contribution < 1.29 is 19.7 Å². The number of benzene rings is 4. The molecule has 0 saturated carbocycles. The van der Waals surface area contributed by atoms with Crippen LogP contribution in [-0.2, 0) is 0 Å². The number of phenolic OH excluding ortho intramolecular Hbond substituents is 2. The van der Waals surface area contributed by atoms with Crippen LogP contribution in [-0.4, -0.2) is 10.2 Å². The summed E-state index contributed by atoms with van der Waals surface area (Å²) in [6.45, 7) is 4.25. The zero-order chi connectivity index (χ0) is 24.1. The number of nitrogens with two attached hydrogens (primary N) is 2. The van der Waals surface area contributed by atoms with Crippen molar-refractivity contribution in [1.29, 1.82) is 0 Å². The van der Waals surface area contributed by atoms with Gasteiger partial charge in [0.15, 0.2) is 0 Å². The Kier molecular flexibility index (Phi) is 9.95. The Morgan fingerprint density at radius 1 is 0.485 bits per heavy atom. The van der Waals surface area contributed by atoms with Crippen molar-refractivity contribution >= 4 is 11.4 Å². The molecule has 0 radical (unpaired) electrons. The van der Waals surface area contributed by atoms with Crippen LogP contribution in [0.2, 0.25) is 0 Å². The molecule has 6 N–H and O–H groups in total. The van der Waals surface area contributed by atoms with Crippen molar-refractivity contribution in [2.75, 3.05) is 11.5 Å². The van der Waals surface area contributed by atoms with Crippen LogP contribution in [0.5, 0.6) is 34.5 Å². The molecule has 4 rings (SSSR count). The summed E-state index contributed by atoms with van der Waals surface area (Å²) < 4.78 is 11.0. The molecule has 6 nitrogen and oxygen atoms in total. The summed E-state index contributed by atoms with van der Waals surface area (Å²) in [5.41, 5.74) is 12.5. The molecule has 0 bridgehead atoms. The van der Waals surface area contributed by atoms with E-state index in [1.54, 1.807) is 97.1 Å². The summed E-state index contributed by atoms with van der Waals surface area (Å²) in [6.07, 6.45) is 1.25. The lowest BCUT2D eigenvalue weighted by atomic mass is 10.3. The van der Waals surface area contributed by atoms with Gasteiger partial charge >= 0.3 is 0 Å². The summed E-state index contributed by atoms with van der Waals surface area (Å²) in [4.78, 5) is 0. The maximum atomic E-state index is 9.09. The number of rotatable bonds is 4. The molecule has 0 aliphatic carbocycles. The zero-order valence-corrected chi connectivity index (χ0v) is 18.8. The predicted molar refractivity (Wildman–Crippen MR) is 134 cm³/mol. The Morgan fingerprint density at radius 3 is 0.939 bits per heavy atom. The fraction of sp³-hybridized carbons (Fsp3) is 0.111. The molecular formula is C27H30N2O4. The average Bonchev–Trinajstić information content (AvgIpc) is 2.81. The second-order valence-corrected chi connectivity index (χ2v) is 7.04. The van der Waals surface area contributed by atoms with Crippen LogP contribution in [0.1, 0.15) is 20.3 Å². The number of hydrogen-bond donors (Lipinski definition) is 4. The van der Waals surface area contributed by atoms with Crippen LogP contribution in [0.15, 0.2) is 97.1 Å². The highest BCUT2D eigenvalue weighted by atomic mass is 16.5. The lowest BCUT2D eigenvalue weighted by Gasteiger charge is -2.05. The lowest BCUT2D eigenvalue weighted by Crippen LogP contribution is -1.86. The fourth-order valence-corrected chi connectivity index (χ4v) is 2.37. The molecule has 33 heavy (non-hydrogen) atoms. The molecule has 0 heterocycles. The maximum absolute atomic E-state index is 9.09. The van der Waals surface area contributed by atoms with Crippen molar-refractivity contribution in [3.8, 4) is 34.5 Å². The SMILES string of the molecule is CCC.Nc1ccc(Oc2ccc(O)cc2)cc1.Nc1ccc(Oc2ccc(O)cc2)cc1. The van der Waals surface area contributed by atoms with Crippen molar-refractivity contribution in [3.05, 3.63) is 97.1 Å². The zero-order valence-electron chi connectivity index (χ0n) is 18.8. The van der Waals surface area contributed by atoms with Gasteiger partial charge in [0.1, 0.15) is 34.5 Å². The van der Waals surface area contributed by atoms with Gasteiger partial charge in [-0.05, 0) is 97.1 Å². The van der Waals surface area contributed by atoms with Gasteiger partial charge in [0.2, 0.25) is 0 Å². The molecular weight excluding hydrogens is 416 g/mol. The van der Waals surface area contributed by atoms with E-state index in [0.717, 1.165) is 11.5 Å². The van der Waals surface area contributed by atoms with Gasteiger partial charge in [0.05, 0.1) is 0 Å². The third kappa shape index (κ3) is 9.57. The number of hydrogen-bond acceptors (Lipinski definition) is 6. The highest BCUT2D eigenvalue weighted by Crippen LogP contribution is 2.24. The van der Waals surface area contributed by atoms with Crippen molar-refractivity contribution in [2.24, 2.45) is 0 Å². The molecule has 0 atom stereocenters. The van der Waals surface area contributed by atoms with E-state index in [1.807, 2.05) is 0 Å². The topological polar surface area (TPSA) is 111 Å². The van der Waals surface area contributed by atoms with E-state index >= 15 is 0 Å². The van der Waals surface area contributed by atoms with E-state index in [0.29, 0.717) is 22.9 Å². The molecule has 4 aromatic rings.